The fraction of sp³-hybridized carbons (Fsp3) is 0.314. The molecule has 3 heterocycles. The molecule has 7 atom stereocenters. The molecule has 276 valence electrons. The number of nitrogens with one attached hydrogen (secondary N) is 2. The van der Waals surface area contributed by atoms with Crippen LogP contribution in [-0.2, 0) is 30.6 Å². The van der Waals surface area contributed by atoms with Crippen LogP contribution in [-0.4, -0.2) is 50.1 Å². The monoisotopic (exact) mass is 786 g/mol. The van der Waals surface area contributed by atoms with Crippen molar-refractivity contribution in [3.8, 4) is 11.5 Å². The number of rotatable bonds is 8. The third-order valence-corrected chi connectivity index (χ3v) is 14.0. The van der Waals surface area contributed by atoms with Gasteiger partial charge in [-0.3, -0.25) is 24.1 Å². The second kappa shape index (κ2) is 12.7. The van der Waals surface area contributed by atoms with Crippen molar-refractivity contribution in [2.45, 2.75) is 33.7 Å². The van der Waals surface area contributed by atoms with Gasteiger partial charge in [0.15, 0.2) is 18.1 Å². The lowest BCUT2D eigenvalue weighted by atomic mass is 9.68. The number of fused-ring (bicyclic) bond motifs is 9. The number of carbonyl (C=O) groups is 3. The van der Waals surface area contributed by atoms with Crippen LogP contribution in [0, 0.1) is 29.6 Å². The number of anilines is 2. The van der Waals surface area contributed by atoms with E-state index in [1.165, 1.54) is 55.3 Å². The molecule has 4 N–H and O–H groups in total. The van der Waals surface area contributed by atoms with Crippen LogP contribution in [0.1, 0.15) is 28.3 Å². The van der Waals surface area contributed by atoms with E-state index >= 15 is 0 Å². The average molecular weight is 787 g/mol. The van der Waals surface area contributed by atoms with Crippen molar-refractivity contribution in [1.29, 1.82) is 0 Å². The van der Waals surface area contributed by atoms with Gasteiger partial charge in [-0.25, -0.2) is 13.6 Å². The van der Waals surface area contributed by atoms with Gasteiger partial charge in [-0.1, -0.05) is 23.5 Å². The molecule has 18 heteroatoms. The molecule has 2 bridgehead atoms. The third kappa shape index (κ3) is 6.00. The zero-order valence-electron chi connectivity index (χ0n) is 27.5. The zero-order valence-corrected chi connectivity index (χ0v) is 29.9. The summed E-state index contributed by atoms with van der Waals surface area (Å²) in [5.41, 5.74) is 0.0319. The number of thiazole rings is 1. The Labute approximate surface area is 307 Å². The number of thioether (sulfide) groups is 1. The number of primary sulfonamides is 1. The van der Waals surface area contributed by atoms with Gasteiger partial charge in [0.25, 0.3) is 5.91 Å². The van der Waals surface area contributed by atoms with Crippen LogP contribution in [0.3, 0.4) is 0 Å². The van der Waals surface area contributed by atoms with Gasteiger partial charge in [0.05, 0.1) is 40.1 Å². The standard InChI is InChI=1S/C35H29F3N4O8S3/c1-49-23-11-15(5-10-22(23)50-14-24(43)40-17-6-8-19(9-7-17)53(39,47)48)25-26-20-13-21(29(26)51-31-30(25)52-34(46)41-31)28-27(20)32(44)42(33(28)45)18-4-2-3-16(12-18)35(36,37)38/h2-12,20-21,25-29H,13-14H2,1H3,(H,40,43)(H,41,46)(H2,39,47,48)/t20-,21-,25+,26-,27+,28+,29-/m1/s1. The molecular weight excluding hydrogens is 758 g/mol. The number of ether oxygens (including phenoxy) is 2. The molecule has 0 spiro atoms. The van der Waals surface area contributed by atoms with Gasteiger partial charge < -0.3 is 19.8 Å². The van der Waals surface area contributed by atoms with Crippen molar-refractivity contribution < 1.29 is 45.4 Å². The summed E-state index contributed by atoms with van der Waals surface area (Å²) in [6, 6.07) is 14.8. The Kier molecular flexibility index (Phi) is 8.51. The lowest BCUT2D eigenvalue weighted by Crippen LogP contribution is -2.42. The molecule has 2 saturated carbocycles. The summed E-state index contributed by atoms with van der Waals surface area (Å²) in [7, 11) is -2.46. The lowest BCUT2D eigenvalue weighted by molar-refractivity contribution is -0.137. The number of amides is 3. The first kappa shape index (κ1) is 35.4. The van der Waals surface area contributed by atoms with E-state index in [0.717, 1.165) is 38.8 Å². The van der Waals surface area contributed by atoms with E-state index in [4.69, 9.17) is 14.6 Å². The van der Waals surface area contributed by atoms with E-state index < -0.39 is 57.9 Å². The van der Waals surface area contributed by atoms with Crippen molar-refractivity contribution in [3.63, 3.8) is 0 Å². The maximum absolute atomic E-state index is 14.0. The smallest absolute Gasteiger partial charge is 0.416 e. The molecule has 0 unspecified atom stereocenters. The van der Waals surface area contributed by atoms with Crippen LogP contribution < -0.4 is 29.7 Å². The summed E-state index contributed by atoms with van der Waals surface area (Å²) in [6.07, 6.45) is -4.07. The van der Waals surface area contributed by atoms with Gasteiger partial charge in [0, 0.05) is 21.7 Å². The molecule has 4 aromatic rings. The first-order chi connectivity index (χ1) is 25.1. The molecule has 2 aliphatic heterocycles. The Morgan fingerprint density at radius 2 is 1.72 bits per heavy atom. The summed E-state index contributed by atoms with van der Waals surface area (Å²) in [5, 5.41) is 8.25. The van der Waals surface area contributed by atoms with E-state index in [2.05, 4.69) is 10.3 Å². The summed E-state index contributed by atoms with van der Waals surface area (Å²) in [4.78, 5) is 57.5. The number of nitrogens with zero attached hydrogens (tertiary/aromatic N) is 1. The second-order valence-corrected chi connectivity index (χ2v) is 17.1. The van der Waals surface area contributed by atoms with Crippen molar-refractivity contribution in [3.05, 3.63) is 92.4 Å². The van der Waals surface area contributed by atoms with Gasteiger partial charge in [0.2, 0.25) is 21.8 Å². The van der Waals surface area contributed by atoms with Gasteiger partial charge >= 0.3 is 11.0 Å². The SMILES string of the molecule is COc1cc([C@@H]2c3sc(=O)[nH]c3S[C@@H]3[C@@H]4C[C@@H]([C@@H]5C(=O)N(c6cccc(C(F)(F)F)c6)C(=O)[C@@H]45)[C@H]23)ccc1OCC(=O)Nc1ccc(S(N)(=O)=O)cc1. The molecule has 1 aromatic heterocycles. The minimum absolute atomic E-state index is 0.104. The van der Waals surface area contributed by atoms with E-state index in [9.17, 15) is 40.8 Å². The minimum atomic E-state index is -4.65. The number of methoxy groups -OCH3 is 1. The highest BCUT2D eigenvalue weighted by molar-refractivity contribution is 8.00. The third-order valence-electron chi connectivity index (χ3n) is 10.5. The summed E-state index contributed by atoms with van der Waals surface area (Å²) < 4.78 is 75.1. The number of nitrogens with two attached hydrogens (primary N) is 1. The van der Waals surface area contributed by atoms with E-state index in [0.29, 0.717) is 22.9 Å². The number of H-pyrrole nitrogens is 1. The quantitative estimate of drug-likeness (QED) is 0.212. The fourth-order valence-electron chi connectivity index (χ4n) is 8.53. The van der Waals surface area contributed by atoms with Crippen molar-refractivity contribution in [1.82, 2.24) is 4.98 Å². The summed E-state index contributed by atoms with van der Waals surface area (Å²) in [5.74, 6) is -3.49. The molecule has 3 fully saturated rings. The Morgan fingerprint density at radius 1 is 1.00 bits per heavy atom. The molecule has 1 saturated heterocycles. The number of aromatic amines is 1. The molecule has 0 radical (unpaired) electrons. The summed E-state index contributed by atoms with van der Waals surface area (Å²) >= 11 is 2.55. The number of halogens is 3. The van der Waals surface area contributed by atoms with Crippen LogP contribution >= 0.6 is 23.1 Å². The first-order valence-corrected chi connectivity index (χ1v) is 19.6. The number of carbonyl (C=O) groups excluding carboxylic acids is 3. The number of imide groups is 1. The average Bonchev–Trinajstić information content (AvgIpc) is 3.85. The number of benzene rings is 3. The largest absolute Gasteiger partial charge is 0.493 e. The molecule has 8 rings (SSSR count). The van der Waals surface area contributed by atoms with Crippen LogP contribution in [0.5, 0.6) is 11.5 Å². The Morgan fingerprint density at radius 3 is 2.40 bits per heavy atom. The number of hydrogen-bond acceptors (Lipinski definition) is 10. The Hall–Kier alpha value is -4.65. The predicted molar refractivity (Wildman–Crippen MR) is 187 cm³/mol. The second-order valence-electron chi connectivity index (χ2n) is 13.3. The fourth-order valence-corrected chi connectivity index (χ4v) is 11.9. The number of aromatic nitrogens is 1. The van der Waals surface area contributed by atoms with Gasteiger partial charge in [-0.05, 0) is 84.3 Å². The summed E-state index contributed by atoms with van der Waals surface area (Å²) in [6.45, 7) is -0.410. The molecule has 3 aromatic carbocycles. The van der Waals surface area contributed by atoms with Crippen molar-refractivity contribution >= 4 is 62.2 Å². The van der Waals surface area contributed by atoms with Gasteiger partial charge in [-0.2, -0.15) is 13.2 Å². The number of sulfonamides is 1. The molecule has 53 heavy (non-hydrogen) atoms. The van der Waals surface area contributed by atoms with Crippen LogP contribution in [0.2, 0.25) is 0 Å². The van der Waals surface area contributed by atoms with Crippen LogP contribution in [0.4, 0.5) is 24.5 Å². The minimum Gasteiger partial charge on any atom is -0.493 e. The number of alkyl halides is 3. The molecular formula is C35H29F3N4O8S3. The van der Waals surface area contributed by atoms with Crippen molar-refractivity contribution in [2.24, 2.45) is 34.7 Å². The van der Waals surface area contributed by atoms with Gasteiger partial charge in [-0.15, -0.1) is 11.8 Å². The van der Waals surface area contributed by atoms with E-state index in [-0.39, 0.29) is 50.1 Å². The lowest BCUT2D eigenvalue weighted by Gasteiger charge is -2.43. The maximum atomic E-state index is 14.0. The molecule has 4 aliphatic rings. The number of hydrogen-bond donors (Lipinski definition) is 3. The normalized spacial score (nSPS) is 25.9. The molecule has 12 nitrogen and oxygen atoms in total. The Balaban J connectivity index is 1.06. The topological polar surface area (TPSA) is 178 Å². The highest BCUT2D eigenvalue weighted by atomic mass is 32.2. The van der Waals surface area contributed by atoms with E-state index in [1.807, 2.05) is 0 Å². The van der Waals surface area contributed by atoms with Crippen molar-refractivity contribution in [2.75, 3.05) is 23.9 Å². The van der Waals surface area contributed by atoms with Gasteiger partial charge in [0.1, 0.15) is 0 Å². The molecule has 3 amide bonds. The predicted octanol–water partition coefficient (Wildman–Crippen LogP) is 4.81. The van der Waals surface area contributed by atoms with Crippen LogP contribution in [0.15, 0.2) is 81.4 Å². The zero-order chi connectivity index (χ0) is 37.6. The highest BCUT2D eigenvalue weighted by Gasteiger charge is 2.69. The first-order valence-electron chi connectivity index (χ1n) is 16.3. The Bertz CT molecular complexity index is 2350. The van der Waals surface area contributed by atoms with Crippen LogP contribution in [0.25, 0.3) is 0 Å². The maximum Gasteiger partial charge on any atom is 0.416 e. The van der Waals surface area contributed by atoms with E-state index in [1.54, 1.807) is 18.2 Å². The highest BCUT2D eigenvalue weighted by Crippen LogP contribution is 2.69. The molecule has 2 aliphatic carbocycles.